The Kier molecular flexibility index (Phi) is 3.24. The van der Waals surface area contributed by atoms with Crippen molar-refractivity contribution < 1.29 is 9.50 Å². The van der Waals surface area contributed by atoms with E-state index in [0.717, 1.165) is 6.07 Å². The summed E-state index contributed by atoms with van der Waals surface area (Å²) in [5.74, 6) is -0.691. The topological polar surface area (TPSA) is 72.3 Å². The van der Waals surface area contributed by atoms with E-state index in [0.29, 0.717) is 5.56 Å². The molecule has 13 heavy (non-hydrogen) atoms. The molecule has 0 heterocycles. The number of hydrogen-bond acceptors (Lipinski definition) is 3. The van der Waals surface area contributed by atoms with Crippen molar-refractivity contribution in [3.8, 4) is 5.75 Å². The van der Waals surface area contributed by atoms with Crippen LogP contribution in [0.3, 0.4) is 0 Å². The first kappa shape index (κ1) is 10.4. The summed E-state index contributed by atoms with van der Waals surface area (Å²) in [5.41, 5.74) is 11.3. The first-order chi connectivity index (χ1) is 6.06. The Morgan fingerprint density at radius 1 is 1.54 bits per heavy atom. The van der Waals surface area contributed by atoms with E-state index in [4.69, 9.17) is 11.5 Å². The summed E-state index contributed by atoms with van der Waals surface area (Å²) in [6.45, 7) is 0.200. The number of halogens is 2. The third-order valence-electron chi connectivity index (χ3n) is 1.72. The van der Waals surface area contributed by atoms with Crippen molar-refractivity contribution in [1.82, 2.24) is 0 Å². The predicted molar refractivity (Wildman–Crippen MR) is 51.7 cm³/mol. The zero-order valence-corrected chi connectivity index (χ0v) is 8.38. The number of benzene rings is 1. The van der Waals surface area contributed by atoms with Crippen LogP contribution in [0.2, 0.25) is 0 Å². The second-order valence-corrected chi connectivity index (χ2v) is 3.52. The molecular formula is C8H10BrFN2O. The lowest BCUT2D eigenvalue weighted by atomic mass is 10.1. The van der Waals surface area contributed by atoms with Crippen LogP contribution in [0.1, 0.15) is 11.6 Å². The molecule has 1 atom stereocenters. The summed E-state index contributed by atoms with van der Waals surface area (Å²) in [4.78, 5) is 0. The molecule has 0 amide bonds. The molecule has 1 rings (SSSR count). The predicted octanol–water partition coefficient (Wildman–Crippen LogP) is 1.25. The first-order valence-corrected chi connectivity index (χ1v) is 4.49. The molecule has 5 N–H and O–H groups in total. The van der Waals surface area contributed by atoms with Crippen molar-refractivity contribution in [2.75, 3.05) is 6.54 Å². The molecule has 0 bridgehead atoms. The van der Waals surface area contributed by atoms with E-state index in [1.807, 2.05) is 0 Å². The van der Waals surface area contributed by atoms with Crippen LogP contribution < -0.4 is 11.5 Å². The van der Waals surface area contributed by atoms with Gasteiger partial charge < -0.3 is 16.6 Å². The molecule has 0 unspecified atom stereocenters. The van der Waals surface area contributed by atoms with Crippen LogP contribution in [0.4, 0.5) is 4.39 Å². The van der Waals surface area contributed by atoms with Gasteiger partial charge in [-0.25, -0.2) is 4.39 Å². The van der Waals surface area contributed by atoms with E-state index in [9.17, 15) is 9.50 Å². The fourth-order valence-corrected chi connectivity index (χ4v) is 1.34. The fraction of sp³-hybridized carbons (Fsp3) is 0.250. The molecule has 0 spiro atoms. The van der Waals surface area contributed by atoms with E-state index >= 15 is 0 Å². The van der Waals surface area contributed by atoms with Gasteiger partial charge in [0.1, 0.15) is 11.6 Å². The molecule has 0 fully saturated rings. The molecule has 0 radical (unpaired) electrons. The molecule has 0 aliphatic carbocycles. The van der Waals surface area contributed by atoms with Crippen LogP contribution in [-0.2, 0) is 0 Å². The van der Waals surface area contributed by atoms with Gasteiger partial charge >= 0.3 is 0 Å². The minimum Gasteiger partial charge on any atom is -0.508 e. The molecule has 72 valence electrons. The molecular weight excluding hydrogens is 239 g/mol. The first-order valence-electron chi connectivity index (χ1n) is 3.69. The van der Waals surface area contributed by atoms with Gasteiger partial charge in [0.25, 0.3) is 0 Å². The largest absolute Gasteiger partial charge is 0.508 e. The maximum Gasteiger partial charge on any atom is 0.141 e. The number of aromatic hydroxyl groups is 1. The third kappa shape index (κ3) is 2.18. The van der Waals surface area contributed by atoms with E-state index in [1.165, 1.54) is 6.07 Å². The van der Waals surface area contributed by atoms with Crippen LogP contribution in [0.25, 0.3) is 0 Å². The summed E-state index contributed by atoms with van der Waals surface area (Å²) < 4.78 is 13.1. The number of phenols is 1. The highest BCUT2D eigenvalue weighted by Gasteiger charge is 2.12. The molecule has 3 nitrogen and oxygen atoms in total. The number of rotatable bonds is 2. The van der Waals surface area contributed by atoms with Crippen LogP contribution in [0.5, 0.6) is 5.75 Å². The summed E-state index contributed by atoms with van der Waals surface area (Å²) in [6, 6.07) is 1.97. The van der Waals surface area contributed by atoms with Gasteiger partial charge in [0.15, 0.2) is 0 Å². The highest BCUT2D eigenvalue weighted by atomic mass is 79.9. The number of hydrogen-bond donors (Lipinski definition) is 3. The zero-order chi connectivity index (χ0) is 10.0. The normalized spacial score (nSPS) is 12.9. The van der Waals surface area contributed by atoms with Gasteiger partial charge in [-0.3, -0.25) is 0 Å². The molecule has 0 saturated heterocycles. The Morgan fingerprint density at radius 2 is 2.15 bits per heavy atom. The second kappa shape index (κ2) is 4.04. The van der Waals surface area contributed by atoms with Crippen molar-refractivity contribution in [2.24, 2.45) is 11.5 Å². The third-order valence-corrected chi connectivity index (χ3v) is 2.33. The molecule has 0 aliphatic heterocycles. The quantitative estimate of drug-likeness (QED) is 0.738. The lowest BCUT2D eigenvalue weighted by Gasteiger charge is -2.11. The van der Waals surface area contributed by atoms with Gasteiger partial charge in [-0.15, -0.1) is 0 Å². The van der Waals surface area contributed by atoms with Crippen LogP contribution in [0, 0.1) is 5.82 Å². The van der Waals surface area contributed by atoms with Crippen molar-refractivity contribution >= 4 is 15.9 Å². The van der Waals surface area contributed by atoms with E-state index in [-0.39, 0.29) is 16.8 Å². The smallest absolute Gasteiger partial charge is 0.141 e. The highest BCUT2D eigenvalue weighted by molar-refractivity contribution is 9.10. The zero-order valence-electron chi connectivity index (χ0n) is 6.80. The van der Waals surface area contributed by atoms with E-state index < -0.39 is 11.9 Å². The SMILES string of the molecule is NC[C@@H](N)c1cc(Br)c(F)cc1O. The van der Waals surface area contributed by atoms with Crippen LogP contribution >= 0.6 is 15.9 Å². The summed E-state index contributed by atoms with van der Waals surface area (Å²) in [5, 5.41) is 9.32. The summed E-state index contributed by atoms with van der Waals surface area (Å²) >= 11 is 3.00. The average Bonchev–Trinajstić information content (AvgIpc) is 2.10. The maximum absolute atomic E-state index is 12.8. The Hall–Kier alpha value is -0.650. The molecule has 0 aliphatic rings. The minimum atomic E-state index is -0.523. The lowest BCUT2D eigenvalue weighted by Crippen LogP contribution is -2.20. The summed E-state index contributed by atoms with van der Waals surface area (Å²) in [6.07, 6.45) is 0. The number of nitrogens with two attached hydrogens (primary N) is 2. The minimum absolute atomic E-state index is 0.168. The van der Waals surface area contributed by atoms with Crippen LogP contribution in [0.15, 0.2) is 16.6 Å². The molecule has 0 aromatic heterocycles. The monoisotopic (exact) mass is 248 g/mol. The summed E-state index contributed by atoms with van der Waals surface area (Å²) in [7, 11) is 0. The highest BCUT2D eigenvalue weighted by Crippen LogP contribution is 2.28. The van der Waals surface area contributed by atoms with E-state index in [2.05, 4.69) is 15.9 Å². The van der Waals surface area contributed by atoms with Gasteiger partial charge in [0.2, 0.25) is 0 Å². The Morgan fingerprint density at radius 3 is 2.69 bits per heavy atom. The van der Waals surface area contributed by atoms with Crippen LogP contribution in [-0.4, -0.2) is 11.7 Å². The lowest BCUT2D eigenvalue weighted by molar-refractivity contribution is 0.455. The van der Waals surface area contributed by atoms with Crippen molar-refractivity contribution in [3.63, 3.8) is 0 Å². The molecule has 0 saturated carbocycles. The standard InChI is InChI=1S/C8H10BrFN2O/c9-5-1-4(7(12)3-11)8(13)2-6(5)10/h1-2,7,13H,3,11-12H2/t7-/m1/s1. The number of phenolic OH excluding ortho intramolecular Hbond substituents is 1. The van der Waals surface area contributed by atoms with Gasteiger partial charge in [-0.1, -0.05) is 0 Å². The Bertz CT molecular complexity index is 319. The van der Waals surface area contributed by atoms with Gasteiger partial charge in [0.05, 0.1) is 4.47 Å². The second-order valence-electron chi connectivity index (χ2n) is 2.67. The van der Waals surface area contributed by atoms with Gasteiger partial charge in [0, 0.05) is 24.2 Å². The Labute approximate surface area is 83.7 Å². The van der Waals surface area contributed by atoms with Crippen molar-refractivity contribution in [1.29, 1.82) is 0 Å². The maximum atomic E-state index is 12.8. The molecule has 5 heteroatoms. The molecule has 1 aromatic rings. The Balaban J connectivity index is 3.15. The van der Waals surface area contributed by atoms with Crippen molar-refractivity contribution in [2.45, 2.75) is 6.04 Å². The van der Waals surface area contributed by atoms with Gasteiger partial charge in [-0.2, -0.15) is 0 Å². The molecule has 1 aromatic carbocycles. The average molecular weight is 249 g/mol. The fourth-order valence-electron chi connectivity index (χ4n) is 0.976. The van der Waals surface area contributed by atoms with E-state index in [1.54, 1.807) is 0 Å². The van der Waals surface area contributed by atoms with Crippen molar-refractivity contribution in [3.05, 3.63) is 28.0 Å². The van der Waals surface area contributed by atoms with Gasteiger partial charge in [-0.05, 0) is 22.0 Å².